The molecule has 11 heteroatoms. The number of fused-ring (bicyclic) bond motifs is 2. The summed E-state index contributed by atoms with van der Waals surface area (Å²) in [7, 11) is 1.64. The summed E-state index contributed by atoms with van der Waals surface area (Å²) in [6.07, 6.45) is 9.39. The molecule has 1 aliphatic heterocycles. The number of hydrogen-bond donors (Lipinski definition) is 2. The third-order valence-corrected chi connectivity index (χ3v) is 9.91. The van der Waals surface area contributed by atoms with Crippen LogP contribution in [-0.2, 0) is 13.1 Å². The third kappa shape index (κ3) is 5.11. The minimum atomic E-state index is -0.0679. The molecule has 1 saturated heterocycles. The van der Waals surface area contributed by atoms with Gasteiger partial charge in [-0.05, 0) is 61.9 Å². The zero-order valence-corrected chi connectivity index (χ0v) is 26.8. The van der Waals surface area contributed by atoms with Gasteiger partial charge in [-0.15, -0.1) is 0 Å². The quantitative estimate of drug-likeness (QED) is 0.187. The topological polar surface area (TPSA) is 120 Å². The summed E-state index contributed by atoms with van der Waals surface area (Å²) in [6.45, 7) is 6.11. The van der Waals surface area contributed by atoms with Crippen molar-refractivity contribution < 1.29 is 19.5 Å². The predicted molar refractivity (Wildman–Crippen MR) is 178 cm³/mol. The van der Waals surface area contributed by atoms with Gasteiger partial charge in [-0.2, -0.15) is 5.10 Å². The van der Waals surface area contributed by atoms with Gasteiger partial charge in [0.2, 0.25) is 12.4 Å². The van der Waals surface area contributed by atoms with Crippen LogP contribution < -0.4 is 15.2 Å². The number of imidazole rings is 1. The summed E-state index contributed by atoms with van der Waals surface area (Å²) >= 11 is 0. The average molecular weight is 632 g/mol. The zero-order valence-electron chi connectivity index (χ0n) is 26.8. The Bertz CT molecular complexity index is 2140. The Balaban J connectivity index is 1.29. The molecule has 1 saturated carbocycles. The molecule has 6 aromatic rings. The van der Waals surface area contributed by atoms with Crippen LogP contribution in [0, 0.1) is 11.8 Å². The van der Waals surface area contributed by atoms with E-state index in [4.69, 9.17) is 15.5 Å². The maximum atomic E-state index is 13.9. The Morgan fingerprint density at radius 3 is 2.68 bits per heavy atom. The van der Waals surface area contributed by atoms with E-state index in [2.05, 4.69) is 51.5 Å². The van der Waals surface area contributed by atoms with Gasteiger partial charge in [0, 0.05) is 64.2 Å². The van der Waals surface area contributed by atoms with Crippen molar-refractivity contribution in [1.82, 2.24) is 28.8 Å². The summed E-state index contributed by atoms with van der Waals surface area (Å²) in [5.74, 6) is 2.18. The summed E-state index contributed by atoms with van der Waals surface area (Å²) in [5, 5.41) is 15.7. The Kier molecular flexibility index (Phi) is 7.02. The van der Waals surface area contributed by atoms with Crippen LogP contribution in [0.3, 0.4) is 0 Å². The summed E-state index contributed by atoms with van der Waals surface area (Å²) < 4.78 is 13.3. The monoisotopic (exact) mass is 631 g/mol. The highest BCUT2D eigenvalue weighted by Gasteiger charge is 2.37. The lowest BCUT2D eigenvalue weighted by Crippen LogP contribution is -2.40. The zero-order chi connectivity index (χ0) is 32.4. The van der Waals surface area contributed by atoms with Crippen LogP contribution in [0.5, 0.6) is 5.75 Å². The molecule has 0 radical (unpaired) electrons. The second kappa shape index (κ2) is 11.3. The van der Waals surface area contributed by atoms with Crippen LogP contribution in [-0.4, -0.2) is 65.7 Å². The first kappa shape index (κ1) is 29.3. The number of pyridine rings is 1. The van der Waals surface area contributed by atoms with Gasteiger partial charge in [-0.3, -0.25) is 10.0 Å². The van der Waals surface area contributed by atoms with Gasteiger partial charge in [0.25, 0.3) is 5.91 Å². The Labute approximate surface area is 272 Å². The highest BCUT2D eigenvalue weighted by Crippen LogP contribution is 2.39. The fraction of sp³-hybridized carbons (Fsp3) is 0.333. The maximum Gasteiger partial charge on any atom is 0.254 e. The molecule has 0 spiro atoms. The van der Waals surface area contributed by atoms with Crippen molar-refractivity contribution >= 4 is 27.8 Å². The lowest BCUT2D eigenvalue weighted by atomic mass is 10.0. The fourth-order valence-corrected chi connectivity index (χ4v) is 7.08. The number of hydrogen-bond acceptors (Lipinski definition) is 6. The molecular weight excluding hydrogens is 592 g/mol. The van der Waals surface area contributed by atoms with Crippen LogP contribution in [0.1, 0.15) is 42.6 Å². The Morgan fingerprint density at radius 1 is 1.11 bits per heavy atom. The van der Waals surface area contributed by atoms with Crippen molar-refractivity contribution in [2.75, 3.05) is 13.7 Å². The average Bonchev–Trinajstić information content (AvgIpc) is 3.36. The van der Waals surface area contributed by atoms with E-state index >= 15 is 0 Å². The number of aromatic nitrogens is 6. The number of carbonyl (C=O) groups excluding carboxylic acids is 1. The van der Waals surface area contributed by atoms with Gasteiger partial charge in [-0.1, -0.05) is 25.1 Å². The van der Waals surface area contributed by atoms with Crippen LogP contribution in [0.4, 0.5) is 0 Å². The van der Waals surface area contributed by atoms with Gasteiger partial charge in [0.05, 0.1) is 31.1 Å². The van der Waals surface area contributed by atoms with E-state index in [1.54, 1.807) is 30.3 Å². The van der Waals surface area contributed by atoms with Crippen molar-refractivity contribution in [2.24, 2.45) is 17.6 Å². The van der Waals surface area contributed by atoms with E-state index in [0.717, 1.165) is 44.9 Å². The molecule has 11 nitrogen and oxygen atoms in total. The Hall–Kier alpha value is -5.16. The van der Waals surface area contributed by atoms with Crippen molar-refractivity contribution in [3.8, 4) is 23.0 Å². The minimum Gasteiger partial charge on any atom is -0.494 e. The molecular formula is C36H39N8O3+. The van der Waals surface area contributed by atoms with Crippen molar-refractivity contribution in [1.29, 1.82) is 0 Å². The summed E-state index contributed by atoms with van der Waals surface area (Å²) in [6, 6.07) is 17.9. The maximum absolute atomic E-state index is 13.9. The van der Waals surface area contributed by atoms with Crippen molar-refractivity contribution in [2.45, 2.75) is 51.9 Å². The first-order valence-electron chi connectivity index (χ1n) is 16.3. The first-order valence-corrected chi connectivity index (χ1v) is 16.3. The SMILES string of the molecule is COc1cc(C(=O)N2CC(C)[C@@H](N)C2C)cc2nc(-c3cc4ccccc4n3CC3CC3)n(Cc3cnn(-c4ccc[n+](O)c4)c3)c12. The molecule has 8 rings (SSSR count). The predicted octanol–water partition coefficient (Wildman–Crippen LogP) is 4.64. The van der Waals surface area contributed by atoms with Gasteiger partial charge in [0.15, 0.2) is 5.82 Å². The van der Waals surface area contributed by atoms with E-state index in [-0.39, 0.29) is 23.9 Å². The van der Waals surface area contributed by atoms with Crippen LogP contribution in [0.25, 0.3) is 39.1 Å². The molecule has 1 amide bonds. The van der Waals surface area contributed by atoms with Crippen molar-refractivity contribution in [3.05, 3.63) is 90.5 Å². The van der Waals surface area contributed by atoms with Crippen LogP contribution in [0.15, 0.2) is 79.4 Å². The van der Waals surface area contributed by atoms with Crippen LogP contribution >= 0.6 is 0 Å². The molecule has 5 heterocycles. The lowest BCUT2D eigenvalue weighted by molar-refractivity contribution is -0.904. The fourth-order valence-electron chi connectivity index (χ4n) is 7.08. The van der Waals surface area contributed by atoms with E-state index in [9.17, 15) is 10.0 Å². The minimum absolute atomic E-state index is 0.0631. The number of nitrogens with two attached hydrogens (primary N) is 1. The molecule has 2 aromatic carbocycles. The standard InChI is InChI=1S/C36H39N8O3/c1-22-17-41(23(2)33(22)37)36(45)27-13-29-34(32(15-27)47-3)43(19-25-16-38-44(20-25)28-8-6-12-40(46)21-28)35(39-29)31-14-26-7-4-5-9-30(26)42(31)18-24-10-11-24/h4-9,12-16,20-24,33,46H,10-11,17-19,37H2,1-3H3/q+1/t22?,23?,33-/m1/s1. The van der Waals surface area contributed by atoms with E-state index in [1.807, 2.05) is 42.4 Å². The molecule has 2 aliphatic rings. The number of likely N-dealkylation sites (tertiary alicyclic amines) is 1. The molecule has 2 unspecified atom stereocenters. The molecule has 240 valence electrons. The normalized spacial score (nSPS) is 19.7. The third-order valence-electron chi connectivity index (χ3n) is 9.91. The number of benzene rings is 2. The number of nitrogens with zero attached hydrogens (tertiary/aromatic N) is 7. The first-order chi connectivity index (χ1) is 22.8. The number of ether oxygens (including phenoxy) is 1. The number of amides is 1. The Morgan fingerprint density at radius 2 is 1.94 bits per heavy atom. The highest BCUT2D eigenvalue weighted by molar-refractivity contribution is 6.00. The van der Waals surface area contributed by atoms with Gasteiger partial charge >= 0.3 is 0 Å². The second-order valence-corrected chi connectivity index (χ2v) is 13.2. The molecule has 0 bridgehead atoms. The van der Waals surface area contributed by atoms with Gasteiger partial charge in [-0.25, -0.2) is 9.67 Å². The van der Waals surface area contributed by atoms with Crippen LogP contribution in [0.2, 0.25) is 0 Å². The summed E-state index contributed by atoms with van der Waals surface area (Å²) in [4.78, 5) is 21.1. The number of carbonyl (C=O) groups is 1. The van der Waals surface area contributed by atoms with Crippen molar-refractivity contribution in [3.63, 3.8) is 0 Å². The van der Waals surface area contributed by atoms with Gasteiger partial charge < -0.3 is 24.5 Å². The highest BCUT2D eigenvalue weighted by atomic mass is 16.5. The second-order valence-electron chi connectivity index (χ2n) is 13.2. The number of methoxy groups -OCH3 is 1. The summed E-state index contributed by atoms with van der Waals surface area (Å²) in [5.41, 5.74) is 12.3. The lowest BCUT2D eigenvalue weighted by Gasteiger charge is -2.23. The molecule has 3 atom stereocenters. The van der Waals surface area contributed by atoms with E-state index in [0.29, 0.717) is 35.8 Å². The van der Waals surface area contributed by atoms with E-state index in [1.165, 1.54) is 18.4 Å². The smallest absolute Gasteiger partial charge is 0.254 e. The largest absolute Gasteiger partial charge is 0.494 e. The molecule has 2 fully saturated rings. The number of rotatable bonds is 8. The van der Waals surface area contributed by atoms with Gasteiger partial charge in [0.1, 0.15) is 17.0 Å². The molecule has 3 N–H and O–H groups in total. The molecule has 47 heavy (non-hydrogen) atoms. The van der Waals surface area contributed by atoms with E-state index < -0.39 is 0 Å². The number of para-hydroxylation sites is 1. The molecule has 1 aliphatic carbocycles. The molecule has 4 aromatic heterocycles.